The lowest BCUT2D eigenvalue weighted by Crippen LogP contribution is -2.36. The molecule has 4 aromatic rings. The van der Waals surface area contributed by atoms with Gasteiger partial charge in [-0.1, -0.05) is 30.3 Å². The minimum absolute atomic E-state index is 0.0226. The second-order valence-electron chi connectivity index (χ2n) is 7.74. The zero-order valence-corrected chi connectivity index (χ0v) is 18.9. The highest BCUT2D eigenvalue weighted by atomic mass is 32.1. The average molecular weight is 434 g/mol. The van der Waals surface area contributed by atoms with Crippen molar-refractivity contribution in [2.75, 3.05) is 20.1 Å². The molecule has 1 N–H and O–H groups in total. The molecule has 0 radical (unpaired) electrons. The second-order valence-corrected chi connectivity index (χ2v) is 8.86. The fourth-order valence-electron chi connectivity index (χ4n) is 3.69. The topological polar surface area (TPSA) is 63.1 Å². The number of nitrogens with zero attached hydrogens (tertiary/aromatic N) is 4. The molecular formula is C24H27N5OS. The van der Waals surface area contributed by atoms with Crippen LogP contribution in [0.3, 0.4) is 0 Å². The minimum Gasteiger partial charge on any atom is -0.355 e. The molecule has 2 aromatic carbocycles. The number of rotatable bonds is 8. The van der Waals surface area contributed by atoms with Crippen molar-refractivity contribution < 1.29 is 4.79 Å². The van der Waals surface area contributed by atoms with Crippen molar-refractivity contribution in [2.24, 2.45) is 0 Å². The molecule has 31 heavy (non-hydrogen) atoms. The Labute approximate surface area is 186 Å². The Hall–Kier alpha value is -3.03. The highest BCUT2D eigenvalue weighted by molar-refractivity contribution is 7.18. The number of carbonyl (C=O) groups excluding carboxylic acids is 1. The summed E-state index contributed by atoms with van der Waals surface area (Å²) in [6.45, 7) is 5.71. The van der Waals surface area contributed by atoms with Crippen LogP contribution in [0.5, 0.6) is 0 Å². The molecule has 0 unspecified atom stereocenters. The lowest BCUT2D eigenvalue weighted by atomic mass is 10.2. The predicted octanol–water partition coefficient (Wildman–Crippen LogP) is 3.89. The summed E-state index contributed by atoms with van der Waals surface area (Å²) < 4.78 is 3.15. The summed E-state index contributed by atoms with van der Waals surface area (Å²) in [5, 5.41) is 8.77. The number of nitrogens with one attached hydrogen (secondary N) is 1. The lowest BCUT2D eigenvalue weighted by molar-refractivity contribution is -0.122. The first-order chi connectivity index (χ1) is 15.0. The van der Waals surface area contributed by atoms with Crippen LogP contribution >= 0.6 is 11.3 Å². The molecule has 1 amide bonds. The van der Waals surface area contributed by atoms with Gasteiger partial charge >= 0.3 is 0 Å². The predicted molar refractivity (Wildman–Crippen MR) is 126 cm³/mol. The van der Waals surface area contributed by atoms with Crippen molar-refractivity contribution in [1.82, 2.24) is 25.0 Å². The number of aromatic nitrogens is 3. The number of para-hydroxylation sites is 2. The average Bonchev–Trinajstić information content (AvgIpc) is 3.30. The van der Waals surface area contributed by atoms with Gasteiger partial charge in [0.1, 0.15) is 0 Å². The standard InChI is InChI=1S/C24H27N5OS/c1-17-20(18(2)29(27-17)19-9-5-4-6-10-19)15-28(3)16-23(30)25-14-13-24-26-21-11-7-8-12-22(21)31-24/h4-12H,13-16H2,1-3H3,(H,25,30). The molecule has 4 rings (SSSR count). The molecule has 0 fully saturated rings. The number of benzene rings is 2. The van der Waals surface area contributed by atoms with Gasteiger partial charge in [-0.25, -0.2) is 9.67 Å². The highest BCUT2D eigenvalue weighted by Gasteiger charge is 2.16. The van der Waals surface area contributed by atoms with Crippen molar-refractivity contribution in [3.05, 3.63) is 76.6 Å². The van der Waals surface area contributed by atoms with Crippen LogP contribution in [0.4, 0.5) is 0 Å². The first kappa shape index (κ1) is 21.2. The molecule has 7 heteroatoms. The maximum Gasteiger partial charge on any atom is 0.234 e. The Balaban J connectivity index is 1.30. The number of hydrogen-bond acceptors (Lipinski definition) is 5. The third-order valence-corrected chi connectivity index (χ3v) is 6.38. The van der Waals surface area contributed by atoms with E-state index >= 15 is 0 Å². The van der Waals surface area contributed by atoms with Crippen molar-refractivity contribution in [1.29, 1.82) is 0 Å². The van der Waals surface area contributed by atoms with Crippen molar-refractivity contribution in [2.45, 2.75) is 26.8 Å². The Kier molecular flexibility index (Phi) is 6.44. The molecule has 160 valence electrons. The van der Waals surface area contributed by atoms with Gasteiger partial charge in [0.25, 0.3) is 0 Å². The van der Waals surface area contributed by atoms with Crippen molar-refractivity contribution in [3.8, 4) is 5.69 Å². The highest BCUT2D eigenvalue weighted by Crippen LogP contribution is 2.21. The summed E-state index contributed by atoms with van der Waals surface area (Å²) >= 11 is 1.69. The van der Waals surface area contributed by atoms with E-state index in [9.17, 15) is 4.79 Å². The third-order valence-electron chi connectivity index (χ3n) is 5.28. The largest absolute Gasteiger partial charge is 0.355 e. The molecule has 0 saturated carbocycles. The molecule has 2 heterocycles. The normalized spacial score (nSPS) is 11.4. The van der Waals surface area contributed by atoms with E-state index in [1.165, 1.54) is 4.70 Å². The van der Waals surface area contributed by atoms with Crippen molar-refractivity contribution in [3.63, 3.8) is 0 Å². The van der Waals surface area contributed by atoms with Gasteiger partial charge in [-0.15, -0.1) is 11.3 Å². The maximum absolute atomic E-state index is 12.4. The first-order valence-corrected chi connectivity index (χ1v) is 11.2. The van der Waals surface area contributed by atoms with Gasteiger partial charge < -0.3 is 5.32 Å². The van der Waals surface area contributed by atoms with Crippen LogP contribution in [0.25, 0.3) is 15.9 Å². The molecular weight excluding hydrogens is 406 g/mol. The minimum atomic E-state index is 0.0226. The smallest absolute Gasteiger partial charge is 0.234 e. The lowest BCUT2D eigenvalue weighted by Gasteiger charge is -2.16. The monoisotopic (exact) mass is 433 g/mol. The van der Waals surface area contributed by atoms with E-state index in [0.717, 1.165) is 39.6 Å². The summed E-state index contributed by atoms with van der Waals surface area (Å²) in [4.78, 5) is 19.1. The number of likely N-dealkylation sites (N-methyl/N-ethyl adjacent to an activating group) is 1. The van der Waals surface area contributed by atoms with E-state index < -0.39 is 0 Å². The molecule has 0 aliphatic carbocycles. The molecule has 0 saturated heterocycles. The van der Waals surface area contributed by atoms with Gasteiger partial charge in [0.15, 0.2) is 0 Å². The Morgan fingerprint density at radius 3 is 2.61 bits per heavy atom. The number of hydrogen-bond donors (Lipinski definition) is 1. The van der Waals surface area contributed by atoms with Gasteiger partial charge in [0.2, 0.25) is 5.91 Å². The quantitative estimate of drug-likeness (QED) is 0.458. The SMILES string of the molecule is Cc1nn(-c2ccccc2)c(C)c1CN(C)CC(=O)NCCc1nc2ccccc2s1. The molecule has 6 nitrogen and oxygen atoms in total. The van der Waals surface area contributed by atoms with Crippen LogP contribution in [0.1, 0.15) is 22.0 Å². The number of carbonyl (C=O) groups is 1. The van der Waals surface area contributed by atoms with Gasteiger partial charge in [-0.3, -0.25) is 9.69 Å². The number of thiazole rings is 1. The summed E-state index contributed by atoms with van der Waals surface area (Å²) in [5.41, 5.74) is 5.32. The van der Waals surface area contributed by atoms with Crippen LogP contribution in [0.15, 0.2) is 54.6 Å². The second kappa shape index (κ2) is 9.41. The van der Waals surface area contributed by atoms with E-state index in [1.807, 2.05) is 72.1 Å². The molecule has 0 aliphatic rings. The van der Waals surface area contributed by atoms with E-state index in [4.69, 9.17) is 5.10 Å². The maximum atomic E-state index is 12.4. The molecule has 0 bridgehead atoms. The number of amides is 1. The Bertz CT molecular complexity index is 1150. The van der Waals surface area contributed by atoms with Gasteiger partial charge in [-0.05, 0) is 45.2 Å². The molecule has 2 aromatic heterocycles. The van der Waals surface area contributed by atoms with Crippen LogP contribution in [0, 0.1) is 13.8 Å². The fraction of sp³-hybridized carbons (Fsp3) is 0.292. The van der Waals surface area contributed by atoms with Gasteiger partial charge in [-0.2, -0.15) is 5.10 Å². The van der Waals surface area contributed by atoms with Gasteiger partial charge in [0, 0.05) is 30.8 Å². The zero-order valence-electron chi connectivity index (χ0n) is 18.1. The molecule has 0 atom stereocenters. The molecule has 0 spiro atoms. The van der Waals surface area contributed by atoms with E-state index in [0.29, 0.717) is 19.6 Å². The Morgan fingerprint density at radius 1 is 1.10 bits per heavy atom. The van der Waals surface area contributed by atoms with E-state index in [-0.39, 0.29) is 5.91 Å². The summed E-state index contributed by atoms with van der Waals surface area (Å²) in [6, 6.07) is 18.2. The van der Waals surface area contributed by atoms with Crippen molar-refractivity contribution >= 4 is 27.5 Å². The number of aryl methyl sites for hydroxylation is 1. The summed E-state index contributed by atoms with van der Waals surface area (Å²) in [6.07, 6.45) is 0.747. The van der Waals surface area contributed by atoms with E-state index in [1.54, 1.807) is 11.3 Å². The van der Waals surface area contributed by atoms with Gasteiger partial charge in [0.05, 0.1) is 33.2 Å². The number of fused-ring (bicyclic) bond motifs is 1. The summed E-state index contributed by atoms with van der Waals surface area (Å²) in [7, 11) is 1.96. The third kappa shape index (κ3) is 5.00. The fourth-order valence-corrected chi connectivity index (χ4v) is 4.65. The first-order valence-electron chi connectivity index (χ1n) is 10.4. The van der Waals surface area contributed by atoms with Crippen LogP contribution in [0.2, 0.25) is 0 Å². The zero-order chi connectivity index (χ0) is 21.8. The van der Waals surface area contributed by atoms with Crippen LogP contribution < -0.4 is 5.32 Å². The summed E-state index contributed by atoms with van der Waals surface area (Å²) in [5.74, 6) is 0.0226. The van der Waals surface area contributed by atoms with Crippen LogP contribution in [-0.2, 0) is 17.8 Å². The Morgan fingerprint density at radius 2 is 1.84 bits per heavy atom. The molecule has 0 aliphatic heterocycles. The van der Waals surface area contributed by atoms with E-state index in [2.05, 4.69) is 23.3 Å². The van der Waals surface area contributed by atoms with Crippen LogP contribution in [-0.4, -0.2) is 45.7 Å².